The molecule has 0 radical (unpaired) electrons. The molecule has 29 heavy (non-hydrogen) atoms. The van der Waals surface area contributed by atoms with Crippen LogP contribution in [0.3, 0.4) is 0 Å². The maximum Gasteiger partial charge on any atom is 0.246 e. The van der Waals surface area contributed by atoms with Gasteiger partial charge in [-0.2, -0.15) is 5.10 Å². The second-order valence-corrected chi connectivity index (χ2v) is 7.59. The van der Waals surface area contributed by atoms with E-state index < -0.39 is 0 Å². The third-order valence-corrected chi connectivity index (χ3v) is 5.52. The number of carbonyl (C=O) groups is 1. The average molecular weight is 508 g/mol. The highest BCUT2D eigenvalue weighted by molar-refractivity contribution is 14.0. The van der Waals surface area contributed by atoms with Gasteiger partial charge in [-0.1, -0.05) is 24.3 Å². The predicted octanol–water partition coefficient (Wildman–Crippen LogP) is 2.52. The number of guanidine groups is 1. The number of benzene rings is 1. The third-order valence-electron chi connectivity index (χ3n) is 5.52. The monoisotopic (exact) mass is 508 g/mol. The van der Waals surface area contributed by atoms with Gasteiger partial charge >= 0.3 is 0 Å². The first-order valence-electron chi connectivity index (χ1n) is 9.97. The lowest BCUT2D eigenvalue weighted by Gasteiger charge is -2.35. The summed E-state index contributed by atoms with van der Waals surface area (Å²) in [5.41, 5.74) is 3.61. The fraction of sp³-hybridized carbons (Fsp3) is 0.476. The van der Waals surface area contributed by atoms with Gasteiger partial charge in [-0.15, -0.1) is 24.0 Å². The molecular weight excluding hydrogens is 479 g/mol. The van der Waals surface area contributed by atoms with Crippen LogP contribution in [0.15, 0.2) is 41.7 Å². The molecule has 7 nitrogen and oxygen atoms in total. The Morgan fingerprint density at radius 1 is 1.31 bits per heavy atom. The van der Waals surface area contributed by atoms with Crippen molar-refractivity contribution in [2.75, 3.05) is 31.1 Å². The molecule has 1 aromatic carbocycles. The van der Waals surface area contributed by atoms with Crippen molar-refractivity contribution in [3.05, 3.63) is 47.8 Å². The highest BCUT2D eigenvalue weighted by atomic mass is 127. The Morgan fingerprint density at radius 3 is 2.76 bits per heavy atom. The summed E-state index contributed by atoms with van der Waals surface area (Å²) in [6.45, 7) is 6.63. The van der Waals surface area contributed by atoms with Crippen LogP contribution in [0.1, 0.15) is 30.4 Å². The highest BCUT2D eigenvalue weighted by Crippen LogP contribution is 2.42. The molecular formula is C21H29IN6O. The largest absolute Gasteiger partial charge is 0.353 e. The molecule has 2 aromatic rings. The van der Waals surface area contributed by atoms with E-state index in [1.165, 1.54) is 11.1 Å². The fourth-order valence-corrected chi connectivity index (χ4v) is 3.93. The Balaban J connectivity index is 0.00000240. The van der Waals surface area contributed by atoms with Crippen molar-refractivity contribution in [2.45, 2.75) is 32.2 Å². The molecule has 2 aliphatic rings. The van der Waals surface area contributed by atoms with Gasteiger partial charge in [-0.05, 0) is 31.4 Å². The van der Waals surface area contributed by atoms with E-state index in [0.29, 0.717) is 31.6 Å². The maximum atomic E-state index is 12.7. The quantitative estimate of drug-likeness (QED) is 0.392. The minimum absolute atomic E-state index is 0. The van der Waals surface area contributed by atoms with Crippen molar-refractivity contribution in [1.29, 1.82) is 0 Å². The Morgan fingerprint density at radius 2 is 2.10 bits per heavy atom. The van der Waals surface area contributed by atoms with Crippen LogP contribution in [-0.2, 0) is 11.8 Å². The summed E-state index contributed by atoms with van der Waals surface area (Å²) < 4.78 is 1.72. The van der Waals surface area contributed by atoms with Crippen LogP contribution in [0, 0.1) is 6.92 Å². The molecule has 1 aromatic heterocycles. The number of nitrogens with zero attached hydrogens (tertiary/aromatic N) is 5. The normalized spacial score (nSPS) is 21.8. The zero-order chi connectivity index (χ0) is 19.7. The number of aromatic nitrogens is 2. The summed E-state index contributed by atoms with van der Waals surface area (Å²) in [5, 5.41) is 7.78. The summed E-state index contributed by atoms with van der Waals surface area (Å²) in [4.78, 5) is 21.3. The van der Waals surface area contributed by atoms with E-state index in [-0.39, 0.29) is 29.9 Å². The number of anilines is 1. The van der Waals surface area contributed by atoms with Gasteiger partial charge in [0, 0.05) is 44.8 Å². The van der Waals surface area contributed by atoms with Gasteiger partial charge in [-0.25, -0.2) is 0 Å². The van der Waals surface area contributed by atoms with Crippen molar-refractivity contribution < 1.29 is 4.79 Å². The predicted molar refractivity (Wildman–Crippen MR) is 126 cm³/mol. The van der Waals surface area contributed by atoms with Crippen LogP contribution in [-0.4, -0.2) is 58.8 Å². The van der Waals surface area contributed by atoms with Gasteiger partial charge in [0.05, 0.1) is 11.9 Å². The van der Waals surface area contributed by atoms with Gasteiger partial charge in [0.15, 0.2) is 5.96 Å². The number of hydrogen-bond acceptors (Lipinski definition) is 3. The van der Waals surface area contributed by atoms with E-state index in [1.54, 1.807) is 15.8 Å². The summed E-state index contributed by atoms with van der Waals surface area (Å²) in [5.74, 6) is 1.45. The van der Waals surface area contributed by atoms with E-state index in [9.17, 15) is 4.79 Å². The fourth-order valence-electron chi connectivity index (χ4n) is 3.93. The zero-order valence-corrected chi connectivity index (χ0v) is 19.5. The van der Waals surface area contributed by atoms with Crippen molar-refractivity contribution in [3.8, 4) is 0 Å². The van der Waals surface area contributed by atoms with Gasteiger partial charge in [0.25, 0.3) is 0 Å². The second kappa shape index (κ2) is 9.15. The maximum absolute atomic E-state index is 12.7. The number of aliphatic imine (C=N–C) groups is 1. The lowest BCUT2D eigenvalue weighted by molar-refractivity contribution is -0.120. The molecule has 0 spiro atoms. The molecule has 2 unspecified atom stereocenters. The lowest BCUT2D eigenvalue weighted by atomic mass is 10.0. The number of hydrogen-bond donors (Lipinski definition) is 1. The minimum Gasteiger partial charge on any atom is -0.353 e. The zero-order valence-electron chi connectivity index (χ0n) is 17.2. The van der Waals surface area contributed by atoms with Crippen molar-refractivity contribution >= 4 is 41.5 Å². The number of halogens is 1. The van der Waals surface area contributed by atoms with Gasteiger partial charge in [-0.3, -0.25) is 14.5 Å². The molecule has 1 saturated heterocycles. The molecule has 2 atom stereocenters. The highest BCUT2D eigenvalue weighted by Gasteiger charge is 2.41. The second-order valence-electron chi connectivity index (χ2n) is 7.59. The van der Waals surface area contributed by atoms with Crippen LogP contribution in [0.25, 0.3) is 0 Å². The first-order valence-corrected chi connectivity index (χ1v) is 9.97. The van der Waals surface area contributed by atoms with E-state index in [0.717, 1.165) is 24.6 Å². The summed E-state index contributed by atoms with van der Waals surface area (Å²) in [7, 11) is 1.86. The van der Waals surface area contributed by atoms with Crippen LogP contribution < -0.4 is 10.2 Å². The number of amides is 1. The van der Waals surface area contributed by atoms with Gasteiger partial charge < -0.3 is 15.1 Å². The van der Waals surface area contributed by atoms with E-state index in [4.69, 9.17) is 0 Å². The molecule has 2 fully saturated rings. The summed E-state index contributed by atoms with van der Waals surface area (Å²) >= 11 is 0. The molecule has 1 N–H and O–H groups in total. The summed E-state index contributed by atoms with van der Waals surface area (Å²) in [6.07, 6.45) is 4.73. The third kappa shape index (κ3) is 4.73. The number of carbonyl (C=O) groups excluding carboxylic acids is 1. The Hall–Kier alpha value is -2.10. The Kier molecular flexibility index (Phi) is 6.81. The average Bonchev–Trinajstić information content (AvgIpc) is 3.31. The molecule has 1 amide bonds. The molecule has 2 heterocycles. The number of nitrogens with one attached hydrogen (secondary N) is 1. The topological polar surface area (TPSA) is 65.8 Å². The molecule has 0 bridgehead atoms. The summed E-state index contributed by atoms with van der Waals surface area (Å²) in [6, 6.07) is 8.96. The van der Waals surface area contributed by atoms with Crippen molar-refractivity contribution in [3.63, 3.8) is 0 Å². The molecule has 8 heteroatoms. The van der Waals surface area contributed by atoms with Crippen molar-refractivity contribution in [2.24, 2.45) is 12.0 Å². The van der Waals surface area contributed by atoms with Crippen LogP contribution >= 0.6 is 24.0 Å². The Bertz CT molecular complexity index is 895. The Labute approximate surface area is 189 Å². The lowest BCUT2D eigenvalue weighted by Crippen LogP contribution is -2.55. The minimum atomic E-state index is 0. The molecule has 1 saturated carbocycles. The SMILES string of the molecule is CCN=C(NC1CC1c1ccccc1C)N1CCN(c2cnn(C)c2)C(=O)C1.I. The van der Waals surface area contributed by atoms with Crippen molar-refractivity contribution in [1.82, 2.24) is 20.0 Å². The first-order chi connectivity index (χ1) is 13.6. The standard InChI is InChI=1S/C21H28N6O.HI/c1-4-22-21(24-19-11-18(19)17-8-6-5-7-15(17)2)26-9-10-27(20(28)14-26)16-12-23-25(3)13-16;/h5-8,12-13,18-19H,4,9-11,14H2,1-3H3,(H,22,24);1H. The number of piperazine rings is 1. The molecule has 1 aliphatic carbocycles. The van der Waals surface area contributed by atoms with Crippen LogP contribution in [0.5, 0.6) is 0 Å². The van der Waals surface area contributed by atoms with Gasteiger partial charge in [0.1, 0.15) is 6.54 Å². The van der Waals surface area contributed by atoms with E-state index in [2.05, 4.69) is 51.5 Å². The van der Waals surface area contributed by atoms with E-state index in [1.807, 2.05) is 20.2 Å². The molecule has 156 valence electrons. The van der Waals surface area contributed by atoms with Crippen LogP contribution in [0.4, 0.5) is 5.69 Å². The number of rotatable bonds is 4. The number of aryl methyl sites for hydroxylation is 2. The molecule has 4 rings (SSSR count). The molecule has 1 aliphatic heterocycles. The first kappa shape index (κ1) is 21.6. The van der Waals surface area contributed by atoms with Crippen LogP contribution in [0.2, 0.25) is 0 Å². The van der Waals surface area contributed by atoms with Gasteiger partial charge in [0.2, 0.25) is 5.91 Å². The van der Waals surface area contributed by atoms with E-state index >= 15 is 0 Å². The smallest absolute Gasteiger partial charge is 0.246 e.